The van der Waals surface area contributed by atoms with Gasteiger partial charge in [0.05, 0.1) is 12.6 Å². The Hall–Kier alpha value is -1.69. The summed E-state index contributed by atoms with van der Waals surface area (Å²) >= 11 is 3.30. The Balaban J connectivity index is 2.44. The standard InChI is InChI=1S/C13H12BrFN2O2/c1-17-12(4-5-13(18)19)10(7-16-17)9-6-8(14)2-3-11(9)15/h2-3,6-7H,4-5H2,1H3,(H,18,19). The van der Waals surface area contributed by atoms with Crippen LogP contribution < -0.4 is 0 Å². The predicted molar refractivity (Wildman–Crippen MR) is 72.3 cm³/mol. The van der Waals surface area contributed by atoms with Crippen molar-refractivity contribution < 1.29 is 14.3 Å². The van der Waals surface area contributed by atoms with Crippen molar-refractivity contribution in [2.24, 2.45) is 7.05 Å². The fourth-order valence-corrected chi connectivity index (χ4v) is 2.27. The molecule has 100 valence electrons. The van der Waals surface area contributed by atoms with Crippen LogP contribution in [0.3, 0.4) is 0 Å². The Morgan fingerprint density at radius 2 is 2.21 bits per heavy atom. The van der Waals surface area contributed by atoms with Crippen LogP contribution in [0.1, 0.15) is 12.1 Å². The molecule has 1 N–H and O–H groups in total. The molecule has 0 saturated carbocycles. The van der Waals surface area contributed by atoms with Crippen molar-refractivity contribution in [3.05, 3.63) is 40.4 Å². The molecule has 0 aliphatic carbocycles. The highest BCUT2D eigenvalue weighted by Gasteiger charge is 2.15. The van der Waals surface area contributed by atoms with Crippen LogP contribution in [-0.2, 0) is 18.3 Å². The van der Waals surface area contributed by atoms with Crippen molar-refractivity contribution >= 4 is 21.9 Å². The summed E-state index contributed by atoms with van der Waals surface area (Å²) in [6.07, 6.45) is 1.86. The third-order valence-electron chi connectivity index (χ3n) is 2.86. The molecule has 1 aromatic carbocycles. The topological polar surface area (TPSA) is 55.1 Å². The van der Waals surface area contributed by atoms with Gasteiger partial charge in [0, 0.05) is 34.8 Å². The molecule has 0 spiro atoms. The largest absolute Gasteiger partial charge is 0.481 e. The van der Waals surface area contributed by atoms with E-state index < -0.39 is 5.97 Å². The predicted octanol–water partition coefficient (Wildman–Crippen LogP) is 3.01. The number of aliphatic carboxylic acids is 1. The van der Waals surface area contributed by atoms with E-state index in [2.05, 4.69) is 21.0 Å². The van der Waals surface area contributed by atoms with Crippen molar-refractivity contribution in [2.75, 3.05) is 0 Å². The first-order valence-electron chi connectivity index (χ1n) is 5.67. The number of carbonyl (C=O) groups is 1. The van der Waals surface area contributed by atoms with E-state index in [4.69, 9.17) is 5.11 Å². The molecule has 1 heterocycles. The first-order chi connectivity index (χ1) is 8.99. The summed E-state index contributed by atoms with van der Waals surface area (Å²) in [4.78, 5) is 10.7. The van der Waals surface area contributed by atoms with E-state index in [0.29, 0.717) is 23.2 Å². The maximum atomic E-state index is 13.9. The molecule has 0 amide bonds. The first kappa shape index (κ1) is 13.7. The monoisotopic (exact) mass is 326 g/mol. The van der Waals surface area contributed by atoms with Gasteiger partial charge >= 0.3 is 5.97 Å². The van der Waals surface area contributed by atoms with Crippen LogP contribution >= 0.6 is 15.9 Å². The van der Waals surface area contributed by atoms with E-state index in [1.807, 2.05) is 0 Å². The average molecular weight is 327 g/mol. The Bertz CT molecular complexity index is 625. The van der Waals surface area contributed by atoms with Gasteiger partial charge in [-0.15, -0.1) is 0 Å². The van der Waals surface area contributed by atoms with Gasteiger partial charge in [-0.1, -0.05) is 15.9 Å². The van der Waals surface area contributed by atoms with E-state index in [1.165, 1.54) is 6.07 Å². The number of rotatable bonds is 4. The lowest BCUT2D eigenvalue weighted by molar-refractivity contribution is -0.136. The molecule has 0 aliphatic rings. The minimum atomic E-state index is -0.887. The highest BCUT2D eigenvalue weighted by Crippen LogP contribution is 2.29. The van der Waals surface area contributed by atoms with Gasteiger partial charge < -0.3 is 5.11 Å². The molecular formula is C13H12BrFN2O2. The van der Waals surface area contributed by atoms with Crippen molar-refractivity contribution in [1.29, 1.82) is 0 Å². The molecular weight excluding hydrogens is 315 g/mol. The molecule has 0 unspecified atom stereocenters. The van der Waals surface area contributed by atoms with Crippen LogP contribution in [0.15, 0.2) is 28.9 Å². The molecule has 4 nitrogen and oxygen atoms in total. The second-order valence-corrected chi connectivity index (χ2v) is 5.06. The number of aromatic nitrogens is 2. The van der Waals surface area contributed by atoms with E-state index in [1.54, 1.807) is 30.1 Å². The zero-order valence-electron chi connectivity index (χ0n) is 10.2. The molecule has 1 aromatic heterocycles. The van der Waals surface area contributed by atoms with Crippen molar-refractivity contribution in [1.82, 2.24) is 9.78 Å². The van der Waals surface area contributed by atoms with Crippen molar-refractivity contribution in [2.45, 2.75) is 12.8 Å². The molecule has 2 rings (SSSR count). The summed E-state index contributed by atoms with van der Waals surface area (Å²) in [5.74, 6) is -1.24. The Kier molecular flexibility index (Phi) is 3.99. The number of nitrogens with zero attached hydrogens (tertiary/aromatic N) is 2. The molecule has 0 atom stereocenters. The second-order valence-electron chi connectivity index (χ2n) is 4.15. The number of hydrogen-bond acceptors (Lipinski definition) is 2. The lowest BCUT2D eigenvalue weighted by Gasteiger charge is -2.06. The van der Waals surface area contributed by atoms with Crippen LogP contribution in [0.5, 0.6) is 0 Å². The number of aryl methyl sites for hydroxylation is 1. The van der Waals surface area contributed by atoms with Gasteiger partial charge in [-0.2, -0.15) is 5.10 Å². The Morgan fingerprint density at radius 3 is 2.89 bits per heavy atom. The summed E-state index contributed by atoms with van der Waals surface area (Å²) in [6.45, 7) is 0. The summed E-state index contributed by atoms with van der Waals surface area (Å²) in [6, 6.07) is 4.65. The molecule has 0 radical (unpaired) electrons. The lowest BCUT2D eigenvalue weighted by Crippen LogP contribution is -2.04. The SMILES string of the molecule is Cn1ncc(-c2cc(Br)ccc2F)c1CCC(=O)O. The summed E-state index contributed by atoms with van der Waals surface area (Å²) in [5, 5.41) is 12.8. The number of carboxylic acid groups (broad SMARTS) is 1. The van der Waals surface area contributed by atoms with Gasteiger partial charge in [0.2, 0.25) is 0 Å². The maximum Gasteiger partial charge on any atom is 0.303 e. The minimum Gasteiger partial charge on any atom is -0.481 e. The number of hydrogen-bond donors (Lipinski definition) is 1. The smallest absolute Gasteiger partial charge is 0.303 e. The van der Waals surface area contributed by atoms with Gasteiger partial charge in [0.1, 0.15) is 5.82 Å². The normalized spacial score (nSPS) is 10.7. The minimum absolute atomic E-state index is 0.0118. The number of halogens is 2. The zero-order chi connectivity index (χ0) is 14.0. The van der Waals surface area contributed by atoms with Crippen LogP contribution in [0, 0.1) is 5.82 Å². The quantitative estimate of drug-likeness (QED) is 0.939. The zero-order valence-corrected chi connectivity index (χ0v) is 11.8. The molecule has 0 bridgehead atoms. The molecule has 0 saturated heterocycles. The van der Waals surface area contributed by atoms with Gasteiger partial charge in [0.15, 0.2) is 0 Å². The van der Waals surface area contributed by atoms with Crippen LogP contribution in [0.2, 0.25) is 0 Å². The third-order valence-corrected chi connectivity index (χ3v) is 3.35. The fraction of sp³-hybridized carbons (Fsp3) is 0.231. The number of carboxylic acids is 1. The maximum absolute atomic E-state index is 13.9. The first-order valence-corrected chi connectivity index (χ1v) is 6.46. The highest BCUT2D eigenvalue weighted by atomic mass is 79.9. The molecule has 0 aliphatic heterocycles. The number of benzene rings is 1. The van der Waals surface area contributed by atoms with Crippen LogP contribution in [-0.4, -0.2) is 20.9 Å². The average Bonchev–Trinajstić information content (AvgIpc) is 2.71. The van der Waals surface area contributed by atoms with Crippen LogP contribution in [0.4, 0.5) is 4.39 Å². The fourth-order valence-electron chi connectivity index (χ4n) is 1.91. The second kappa shape index (κ2) is 5.52. The molecule has 6 heteroatoms. The van der Waals surface area contributed by atoms with Gasteiger partial charge in [-0.3, -0.25) is 9.48 Å². The summed E-state index contributed by atoms with van der Waals surface area (Å²) in [7, 11) is 1.72. The lowest BCUT2D eigenvalue weighted by atomic mass is 10.0. The highest BCUT2D eigenvalue weighted by molar-refractivity contribution is 9.10. The summed E-state index contributed by atoms with van der Waals surface area (Å²) < 4.78 is 16.2. The third kappa shape index (κ3) is 3.01. The Morgan fingerprint density at radius 1 is 1.47 bits per heavy atom. The van der Waals surface area contributed by atoms with E-state index >= 15 is 0 Å². The van der Waals surface area contributed by atoms with Crippen LogP contribution in [0.25, 0.3) is 11.1 Å². The molecule has 19 heavy (non-hydrogen) atoms. The van der Waals surface area contributed by atoms with Crippen molar-refractivity contribution in [3.8, 4) is 11.1 Å². The van der Waals surface area contributed by atoms with Gasteiger partial charge in [-0.25, -0.2) is 4.39 Å². The van der Waals surface area contributed by atoms with E-state index in [-0.39, 0.29) is 12.2 Å². The molecule has 0 fully saturated rings. The van der Waals surface area contributed by atoms with Gasteiger partial charge in [-0.05, 0) is 18.2 Å². The molecule has 2 aromatic rings. The Labute approximate surface area is 118 Å². The van der Waals surface area contributed by atoms with E-state index in [9.17, 15) is 9.18 Å². The van der Waals surface area contributed by atoms with Gasteiger partial charge in [0.25, 0.3) is 0 Å². The van der Waals surface area contributed by atoms with E-state index in [0.717, 1.165) is 4.47 Å². The van der Waals surface area contributed by atoms with Crippen molar-refractivity contribution in [3.63, 3.8) is 0 Å². The summed E-state index contributed by atoms with van der Waals surface area (Å²) in [5.41, 5.74) is 1.75.